The zero-order valence-electron chi connectivity index (χ0n) is 10.9. The SMILES string of the molecule is CCCNS(=O)(=O)N1CCC(CC)CC1C(=O)O. The molecule has 106 valence electrons. The Kier molecular flexibility index (Phi) is 5.55. The number of carboxylic acid groups (broad SMARTS) is 1. The quantitative estimate of drug-likeness (QED) is 0.752. The van der Waals surface area contributed by atoms with Crippen molar-refractivity contribution < 1.29 is 18.3 Å². The second-order valence-corrected chi connectivity index (χ2v) is 6.37. The number of piperidine rings is 1. The molecule has 0 aromatic heterocycles. The zero-order valence-corrected chi connectivity index (χ0v) is 11.7. The minimum atomic E-state index is -3.67. The summed E-state index contributed by atoms with van der Waals surface area (Å²) in [5.41, 5.74) is 0. The molecule has 18 heavy (non-hydrogen) atoms. The van der Waals surface area contributed by atoms with Crippen LogP contribution in [0.1, 0.15) is 39.5 Å². The Morgan fingerprint density at radius 3 is 2.61 bits per heavy atom. The molecule has 0 radical (unpaired) electrons. The minimum Gasteiger partial charge on any atom is -0.480 e. The Balaban J connectivity index is 2.82. The van der Waals surface area contributed by atoms with E-state index in [0.717, 1.165) is 17.1 Å². The molecular weight excluding hydrogens is 256 g/mol. The topological polar surface area (TPSA) is 86.7 Å². The third kappa shape index (κ3) is 3.66. The van der Waals surface area contributed by atoms with E-state index in [2.05, 4.69) is 4.72 Å². The van der Waals surface area contributed by atoms with E-state index in [1.807, 2.05) is 13.8 Å². The van der Waals surface area contributed by atoms with Crippen LogP contribution in [0.5, 0.6) is 0 Å². The number of nitrogens with zero attached hydrogens (tertiary/aromatic N) is 1. The van der Waals surface area contributed by atoms with Crippen molar-refractivity contribution in [2.45, 2.75) is 45.6 Å². The Morgan fingerprint density at radius 1 is 1.44 bits per heavy atom. The molecule has 1 heterocycles. The summed E-state index contributed by atoms with van der Waals surface area (Å²) >= 11 is 0. The van der Waals surface area contributed by atoms with Crippen LogP contribution in [-0.2, 0) is 15.0 Å². The van der Waals surface area contributed by atoms with Crippen LogP contribution in [0.3, 0.4) is 0 Å². The summed E-state index contributed by atoms with van der Waals surface area (Å²) in [6.45, 7) is 4.49. The van der Waals surface area contributed by atoms with Crippen LogP contribution in [0, 0.1) is 5.92 Å². The molecule has 2 unspecified atom stereocenters. The van der Waals surface area contributed by atoms with E-state index < -0.39 is 22.2 Å². The first kappa shape index (κ1) is 15.4. The molecule has 0 bridgehead atoms. The molecule has 7 heteroatoms. The molecule has 2 atom stereocenters. The van der Waals surface area contributed by atoms with E-state index in [-0.39, 0.29) is 6.54 Å². The number of rotatable bonds is 6. The summed E-state index contributed by atoms with van der Waals surface area (Å²) in [6.07, 6.45) is 2.70. The molecular formula is C11H22N2O4S. The van der Waals surface area contributed by atoms with Gasteiger partial charge < -0.3 is 5.11 Å². The lowest BCUT2D eigenvalue weighted by Crippen LogP contribution is -2.53. The molecule has 1 aliphatic heterocycles. The lowest BCUT2D eigenvalue weighted by molar-refractivity contribution is -0.143. The lowest BCUT2D eigenvalue weighted by Gasteiger charge is -2.35. The molecule has 1 fully saturated rings. The van der Waals surface area contributed by atoms with Crippen LogP contribution in [-0.4, -0.2) is 42.9 Å². The fourth-order valence-electron chi connectivity index (χ4n) is 2.21. The van der Waals surface area contributed by atoms with E-state index in [1.165, 1.54) is 0 Å². The molecule has 6 nitrogen and oxygen atoms in total. The third-order valence-corrected chi connectivity index (χ3v) is 4.99. The first-order chi connectivity index (χ1) is 8.42. The Hall–Kier alpha value is -0.660. The van der Waals surface area contributed by atoms with Gasteiger partial charge in [0, 0.05) is 13.1 Å². The Bertz CT molecular complexity index is 383. The molecule has 0 aromatic rings. The highest BCUT2D eigenvalue weighted by atomic mass is 32.2. The van der Waals surface area contributed by atoms with E-state index >= 15 is 0 Å². The molecule has 1 aliphatic rings. The van der Waals surface area contributed by atoms with Gasteiger partial charge in [0.15, 0.2) is 0 Å². The van der Waals surface area contributed by atoms with Gasteiger partial charge in [0.1, 0.15) is 6.04 Å². The Morgan fingerprint density at radius 2 is 2.11 bits per heavy atom. The smallest absolute Gasteiger partial charge is 0.322 e. The monoisotopic (exact) mass is 278 g/mol. The second-order valence-electron chi connectivity index (χ2n) is 4.66. The summed E-state index contributed by atoms with van der Waals surface area (Å²) in [6, 6.07) is -0.932. The Labute approximate surface area is 109 Å². The highest BCUT2D eigenvalue weighted by Gasteiger charge is 2.39. The van der Waals surface area contributed by atoms with Crippen molar-refractivity contribution in [3.8, 4) is 0 Å². The number of carbonyl (C=O) groups is 1. The fraction of sp³-hybridized carbons (Fsp3) is 0.909. The largest absolute Gasteiger partial charge is 0.480 e. The normalized spacial score (nSPS) is 26.1. The van der Waals surface area contributed by atoms with Gasteiger partial charge in [0.2, 0.25) is 0 Å². The van der Waals surface area contributed by atoms with Gasteiger partial charge in [0.25, 0.3) is 10.2 Å². The predicted molar refractivity (Wildman–Crippen MR) is 68.4 cm³/mol. The molecule has 0 amide bonds. The average Bonchev–Trinajstić information content (AvgIpc) is 2.35. The summed E-state index contributed by atoms with van der Waals surface area (Å²) in [5, 5.41) is 9.18. The van der Waals surface area contributed by atoms with Crippen LogP contribution in [0.2, 0.25) is 0 Å². The van der Waals surface area contributed by atoms with Crippen molar-refractivity contribution in [2.75, 3.05) is 13.1 Å². The first-order valence-corrected chi connectivity index (χ1v) is 7.85. The standard InChI is InChI=1S/C11H22N2O4S/c1-3-6-12-18(16,17)13-7-5-9(4-2)8-10(13)11(14)15/h9-10,12H,3-8H2,1-2H3,(H,14,15). The van der Waals surface area contributed by atoms with Gasteiger partial charge in [-0.3, -0.25) is 4.79 Å². The van der Waals surface area contributed by atoms with E-state index in [0.29, 0.717) is 25.3 Å². The second kappa shape index (κ2) is 6.49. The highest BCUT2D eigenvalue weighted by molar-refractivity contribution is 7.87. The lowest BCUT2D eigenvalue weighted by atomic mass is 9.90. The van der Waals surface area contributed by atoms with Gasteiger partial charge in [-0.2, -0.15) is 12.7 Å². The first-order valence-electron chi connectivity index (χ1n) is 6.41. The van der Waals surface area contributed by atoms with Gasteiger partial charge in [-0.1, -0.05) is 20.3 Å². The average molecular weight is 278 g/mol. The highest BCUT2D eigenvalue weighted by Crippen LogP contribution is 2.27. The van der Waals surface area contributed by atoms with Crippen molar-refractivity contribution in [3.05, 3.63) is 0 Å². The predicted octanol–water partition coefficient (Wildman–Crippen LogP) is 0.806. The molecule has 1 rings (SSSR count). The zero-order chi connectivity index (χ0) is 13.8. The van der Waals surface area contributed by atoms with Crippen molar-refractivity contribution in [1.82, 2.24) is 9.03 Å². The van der Waals surface area contributed by atoms with Crippen LogP contribution in [0.4, 0.5) is 0 Å². The molecule has 0 aromatic carbocycles. The summed E-state index contributed by atoms with van der Waals surface area (Å²) < 4.78 is 27.5. The van der Waals surface area contributed by atoms with Crippen molar-refractivity contribution in [3.63, 3.8) is 0 Å². The van der Waals surface area contributed by atoms with Crippen molar-refractivity contribution in [2.24, 2.45) is 5.92 Å². The summed E-state index contributed by atoms with van der Waals surface area (Å²) in [4.78, 5) is 11.2. The van der Waals surface area contributed by atoms with Crippen LogP contribution >= 0.6 is 0 Å². The van der Waals surface area contributed by atoms with E-state index in [9.17, 15) is 18.3 Å². The summed E-state index contributed by atoms with van der Waals surface area (Å²) in [7, 11) is -3.67. The van der Waals surface area contributed by atoms with Gasteiger partial charge in [-0.15, -0.1) is 0 Å². The van der Waals surface area contributed by atoms with Crippen LogP contribution in [0.25, 0.3) is 0 Å². The van der Waals surface area contributed by atoms with Gasteiger partial charge in [-0.25, -0.2) is 4.72 Å². The maximum absolute atomic E-state index is 12.0. The van der Waals surface area contributed by atoms with Crippen LogP contribution in [0.15, 0.2) is 0 Å². The van der Waals surface area contributed by atoms with Crippen LogP contribution < -0.4 is 4.72 Å². The number of aliphatic carboxylic acids is 1. The summed E-state index contributed by atoms with van der Waals surface area (Å²) in [5.74, 6) is -0.765. The fourth-order valence-corrected chi connectivity index (χ4v) is 3.70. The van der Waals surface area contributed by atoms with Gasteiger partial charge in [-0.05, 0) is 25.2 Å². The van der Waals surface area contributed by atoms with Gasteiger partial charge in [0.05, 0.1) is 0 Å². The van der Waals surface area contributed by atoms with Gasteiger partial charge >= 0.3 is 5.97 Å². The number of nitrogens with one attached hydrogen (secondary N) is 1. The number of hydrogen-bond acceptors (Lipinski definition) is 3. The van der Waals surface area contributed by atoms with Crippen molar-refractivity contribution >= 4 is 16.2 Å². The minimum absolute atomic E-state index is 0.286. The molecule has 0 aliphatic carbocycles. The van der Waals surface area contributed by atoms with Crippen molar-refractivity contribution in [1.29, 1.82) is 0 Å². The molecule has 2 N–H and O–H groups in total. The maximum atomic E-state index is 12.0. The number of carboxylic acids is 1. The molecule has 0 spiro atoms. The van der Waals surface area contributed by atoms with E-state index in [1.54, 1.807) is 0 Å². The number of hydrogen-bond donors (Lipinski definition) is 2. The molecule has 0 saturated carbocycles. The van der Waals surface area contributed by atoms with E-state index in [4.69, 9.17) is 0 Å². The third-order valence-electron chi connectivity index (χ3n) is 3.37. The molecule has 1 saturated heterocycles. The maximum Gasteiger partial charge on any atom is 0.322 e.